The minimum absolute atomic E-state index is 0.180. The van der Waals surface area contributed by atoms with E-state index in [-0.39, 0.29) is 17.7 Å². The molecule has 1 heterocycles. The number of amides is 1. The SMILES string of the molecule is COc1ccc([C@@H](CS(C)(=O)=O)N2Cc3c(NC(C)C)cccc3C2=O)cc1OC. The minimum atomic E-state index is -3.37. The number of rotatable bonds is 8. The van der Waals surface area contributed by atoms with Gasteiger partial charge in [0.2, 0.25) is 0 Å². The molecule has 30 heavy (non-hydrogen) atoms. The van der Waals surface area contributed by atoms with Gasteiger partial charge in [0.25, 0.3) is 5.91 Å². The van der Waals surface area contributed by atoms with Gasteiger partial charge in [0.05, 0.1) is 26.0 Å². The van der Waals surface area contributed by atoms with Crippen LogP contribution < -0.4 is 14.8 Å². The summed E-state index contributed by atoms with van der Waals surface area (Å²) in [5, 5.41) is 3.37. The number of nitrogens with one attached hydrogen (secondary N) is 1. The fourth-order valence-electron chi connectivity index (χ4n) is 3.77. The highest BCUT2D eigenvalue weighted by molar-refractivity contribution is 7.90. The first-order chi connectivity index (χ1) is 14.1. The van der Waals surface area contributed by atoms with Gasteiger partial charge in [-0.25, -0.2) is 8.42 Å². The van der Waals surface area contributed by atoms with Crippen LogP contribution in [0.2, 0.25) is 0 Å². The fourth-order valence-corrected chi connectivity index (χ4v) is 4.71. The number of hydrogen-bond acceptors (Lipinski definition) is 6. The molecule has 0 saturated carbocycles. The molecule has 8 heteroatoms. The van der Waals surface area contributed by atoms with E-state index in [1.54, 1.807) is 29.2 Å². The van der Waals surface area contributed by atoms with Crippen molar-refractivity contribution in [3.05, 3.63) is 53.1 Å². The number of sulfone groups is 1. The monoisotopic (exact) mass is 432 g/mol. The molecule has 0 fully saturated rings. The first-order valence-electron chi connectivity index (χ1n) is 9.73. The zero-order valence-corrected chi connectivity index (χ0v) is 18.7. The largest absolute Gasteiger partial charge is 0.493 e. The van der Waals surface area contributed by atoms with Gasteiger partial charge in [-0.1, -0.05) is 12.1 Å². The van der Waals surface area contributed by atoms with E-state index < -0.39 is 15.9 Å². The van der Waals surface area contributed by atoms with Crippen LogP contribution in [0.3, 0.4) is 0 Å². The van der Waals surface area contributed by atoms with Crippen molar-refractivity contribution in [1.82, 2.24) is 4.90 Å². The summed E-state index contributed by atoms with van der Waals surface area (Å²) < 4.78 is 35.1. The Bertz CT molecular complexity index is 1050. The molecule has 1 aliphatic heterocycles. The van der Waals surface area contributed by atoms with Gasteiger partial charge < -0.3 is 19.7 Å². The van der Waals surface area contributed by atoms with Crippen LogP contribution in [0.25, 0.3) is 0 Å². The van der Waals surface area contributed by atoms with Gasteiger partial charge in [0.1, 0.15) is 9.84 Å². The van der Waals surface area contributed by atoms with Gasteiger partial charge in [-0.05, 0) is 43.7 Å². The number of carbonyl (C=O) groups is 1. The summed E-state index contributed by atoms with van der Waals surface area (Å²) in [5.74, 6) is 0.661. The van der Waals surface area contributed by atoms with Crippen LogP contribution >= 0.6 is 0 Å². The Morgan fingerprint density at radius 2 is 1.80 bits per heavy atom. The van der Waals surface area contributed by atoms with E-state index in [2.05, 4.69) is 5.32 Å². The van der Waals surface area contributed by atoms with Crippen molar-refractivity contribution < 1.29 is 22.7 Å². The lowest BCUT2D eigenvalue weighted by Gasteiger charge is -2.28. The zero-order chi connectivity index (χ0) is 22.1. The maximum Gasteiger partial charge on any atom is 0.255 e. The molecule has 0 unspecified atom stereocenters. The Morgan fingerprint density at radius 3 is 2.40 bits per heavy atom. The Labute approximate surface area is 177 Å². The second-order valence-corrected chi connectivity index (χ2v) is 9.97. The van der Waals surface area contributed by atoms with Crippen LogP contribution in [0.15, 0.2) is 36.4 Å². The maximum absolute atomic E-state index is 13.3. The van der Waals surface area contributed by atoms with Crippen molar-refractivity contribution in [3.63, 3.8) is 0 Å². The molecule has 1 aliphatic rings. The zero-order valence-electron chi connectivity index (χ0n) is 17.9. The topological polar surface area (TPSA) is 84.9 Å². The quantitative estimate of drug-likeness (QED) is 0.689. The molecule has 162 valence electrons. The lowest BCUT2D eigenvalue weighted by atomic mass is 10.1. The highest BCUT2D eigenvalue weighted by Gasteiger charge is 2.36. The molecule has 0 aromatic heterocycles. The predicted octanol–water partition coefficient (Wildman–Crippen LogP) is 3.27. The van der Waals surface area contributed by atoms with Crippen LogP contribution in [0.4, 0.5) is 5.69 Å². The number of nitrogens with zero attached hydrogens (tertiary/aromatic N) is 1. The standard InChI is InChI=1S/C22H28N2O5S/c1-14(2)23-18-8-6-7-16-17(18)12-24(22(16)25)19(13-30(5,26)27)15-9-10-20(28-3)21(11-15)29-4/h6-11,14,19,23H,12-13H2,1-5H3/t19-/m1/s1. The van der Waals surface area contributed by atoms with Crippen LogP contribution in [-0.4, -0.2) is 51.5 Å². The molecule has 1 atom stereocenters. The van der Waals surface area contributed by atoms with Crippen molar-refractivity contribution in [3.8, 4) is 11.5 Å². The Morgan fingerprint density at radius 1 is 1.10 bits per heavy atom. The summed E-state index contributed by atoms with van der Waals surface area (Å²) in [4.78, 5) is 14.9. The van der Waals surface area contributed by atoms with Gasteiger partial charge in [0.15, 0.2) is 11.5 Å². The summed E-state index contributed by atoms with van der Waals surface area (Å²) in [6.07, 6.45) is 1.18. The van der Waals surface area contributed by atoms with Crippen molar-refractivity contribution in [2.24, 2.45) is 0 Å². The summed E-state index contributed by atoms with van der Waals surface area (Å²) in [6.45, 7) is 4.40. The molecule has 1 N–H and O–H groups in total. The van der Waals surface area contributed by atoms with Gasteiger partial charge in [-0.3, -0.25) is 4.79 Å². The fraction of sp³-hybridized carbons (Fsp3) is 0.409. The molecule has 1 amide bonds. The van der Waals surface area contributed by atoms with Crippen molar-refractivity contribution in [1.29, 1.82) is 0 Å². The molecule has 0 spiro atoms. The molecular weight excluding hydrogens is 404 g/mol. The molecule has 7 nitrogen and oxygen atoms in total. The Hall–Kier alpha value is -2.74. The van der Waals surface area contributed by atoms with Gasteiger partial charge in [-0.15, -0.1) is 0 Å². The third-order valence-electron chi connectivity index (χ3n) is 5.07. The van der Waals surface area contributed by atoms with E-state index in [9.17, 15) is 13.2 Å². The first-order valence-corrected chi connectivity index (χ1v) is 11.8. The summed E-state index contributed by atoms with van der Waals surface area (Å²) in [5.41, 5.74) is 3.05. The summed E-state index contributed by atoms with van der Waals surface area (Å²) in [7, 11) is -0.307. The van der Waals surface area contributed by atoms with E-state index in [0.717, 1.165) is 11.3 Å². The van der Waals surface area contributed by atoms with Gasteiger partial charge in [0, 0.05) is 35.7 Å². The van der Waals surface area contributed by atoms with Gasteiger partial charge >= 0.3 is 0 Å². The highest BCUT2D eigenvalue weighted by Crippen LogP contribution is 2.38. The molecule has 3 rings (SSSR count). The maximum atomic E-state index is 13.3. The average molecular weight is 433 g/mol. The molecule has 0 radical (unpaired) electrons. The second-order valence-electron chi connectivity index (χ2n) is 7.79. The number of benzene rings is 2. The lowest BCUT2D eigenvalue weighted by molar-refractivity contribution is 0.0718. The first kappa shape index (κ1) is 22.0. The third kappa shape index (κ3) is 4.53. The smallest absolute Gasteiger partial charge is 0.255 e. The molecule has 2 aromatic carbocycles. The van der Waals surface area contributed by atoms with E-state index in [1.165, 1.54) is 20.5 Å². The van der Waals surface area contributed by atoms with Crippen molar-refractivity contribution in [2.75, 3.05) is 31.5 Å². The number of methoxy groups -OCH3 is 2. The Balaban J connectivity index is 2.04. The van der Waals surface area contributed by atoms with Crippen LogP contribution in [0.5, 0.6) is 11.5 Å². The lowest BCUT2D eigenvalue weighted by Crippen LogP contribution is -2.33. The Kier molecular flexibility index (Phi) is 6.26. The van der Waals surface area contributed by atoms with Crippen molar-refractivity contribution >= 4 is 21.4 Å². The second kappa shape index (κ2) is 8.55. The number of anilines is 1. The molecular formula is C22H28N2O5S. The highest BCUT2D eigenvalue weighted by atomic mass is 32.2. The summed E-state index contributed by atoms with van der Waals surface area (Å²) >= 11 is 0. The van der Waals surface area contributed by atoms with Crippen LogP contribution in [0.1, 0.15) is 41.4 Å². The number of hydrogen-bond donors (Lipinski definition) is 1. The van der Waals surface area contributed by atoms with E-state index in [4.69, 9.17) is 9.47 Å². The molecule has 2 aromatic rings. The minimum Gasteiger partial charge on any atom is -0.493 e. The van der Waals surface area contributed by atoms with Crippen LogP contribution in [0, 0.1) is 0 Å². The molecule has 0 saturated heterocycles. The molecule has 0 aliphatic carbocycles. The van der Waals surface area contributed by atoms with Crippen molar-refractivity contribution in [2.45, 2.75) is 32.5 Å². The third-order valence-corrected chi connectivity index (χ3v) is 5.99. The van der Waals surface area contributed by atoms with Crippen LogP contribution in [-0.2, 0) is 16.4 Å². The number of carbonyl (C=O) groups excluding carboxylic acids is 1. The number of ether oxygens (including phenoxy) is 2. The molecule has 0 bridgehead atoms. The van der Waals surface area contributed by atoms with E-state index >= 15 is 0 Å². The predicted molar refractivity (Wildman–Crippen MR) is 117 cm³/mol. The number of fused-ring (bicyclic) bond motifs is 1. The summed E-state index contributed by atoms with van der Waals surface area (Å²) in [6, 6.07) is 10.4. The normalized spacial score (nSPS) is 14.6. The van der Waals surface area contributed by atoms with Gasteiger partial charge in [-0.2, -0.15) is 0 Å². The van der Waals surface area contributed by atoms with E-state index in [1.807, 2.05) is 26.0 Å². The van der Waals surface area contributed by atoms with E-state index in [0.29, 0.717) is 29.2 Å². The average Bonchev–Trinajstić information content (AvgIpc) is 3.02.